The van der Waals surface area contributed by atoms with Gasteiger partial charge in [0.05, 0.1) is 5.52 Å². The number of alkyl halides is 1. The van der Waals surface area contributed by atoms with Crippen molar-refractivity contribution in [3.05, 3.63) is 41.6 Å². The largest absolute Gasteiger partial charge is 0.253 e. The average Bonchev–Trinajstić information content (AvgIpc) is 2.19. The van der Waals surface area contributed by atoms with E-state index in [1.807, 2.05) is 6.92 Å². The molecule has 0 radical (unpaired) electrons. The Hall–Kier alpha value is -0.890. The van der Waals surface area contributed by atoms with Gasteiger partial charge in [0.2, 0.25) is 0 Å². The molecule has 1 nitrogen and oxygen atoms in total. The molecule has 1 aromatic carbocycles. The van der Waals surface area contributed by atoms with Gasteiger partial charge in [-0.3, -0.25) is 4.98 Å². The predicted molar refractivity (Wildman–Crippen MR) is 64.0 cm³/mol. The number of benzene rings is 1. The van der Waals surface area contributed by atoms with Crippen LogP contribution >= 0.6 is 15.9 Å². The molecule has 1 aromatic heterocycles. The Morgan fingerprint density at radius 3 is 2.86 bits per heavy atom. The number of hydrogen-bond acceptors (Lipinski definition) is 1. The Kier molecular flexibility index (Phi) is 2.82. The molecule has 0 bridgehead atoms. The topological polar surface area (TPSA) is 12.9 Å². The molecular weight excluding hydrogens is 238 g/mol. The van der Waals surface area contributed by atoms with Gasteiger partial charge in [-0.05, 0) is 37.1 Å². The number of hydrogen-bond donors (Lipinski definition) is 0. The van der Waals surface area contributed by atoms with Gasteiger partial charge in [0.25, 0.3) is 0 Å². The SMILES string of the molecule is Cc1ccc2cc(CCBr)ccc2n1. The monoisotopic (exact) mass is 249 g/mol. The maximum Gasteiger partial charge on any atom is 0.0705 e. The molecule has 0 unspecified atom stereocenters. The molecule has 0 spiro atoms. The summed E-state index contributed by atoms with van der Waals surface area (Å²) in [6.45, 7) is 2.02. The molecule has 0 atom stereocenters. The Bertz CT molecular complexity index is 451. The summed E-state index contributed by atoms with van der Waals surface area (Å²) in [5, 5.41) is 2.24. The van der Waals surface area contributed by atoms with Gasteiger partial charge in [-0.1, -0.05) is 28.1 Å². The fourth-order valence-electron chi connectivity index (χ4n) is 1.54. The molecule has 0 saturated carbocycles. The van der Waals surface area contributed by atoms with E-state index in [0.717, 1.165) is 23.0 Å². The molecule has 72 valence electrons. The van der Waals surface area contributed by atoms with Crippen LogP contribution in [0.25, 0.3) is 10.9 Å². The molecule has 0 aliphatic heterocycles. The van der Waals surface area contributed by atoms with Crippen molar-refractivity contribution in [2.75, 3.05) is 5.33 Å². The number of pyridine rings is 1. The highest BCUT2D eigenvalue weighted by Crippen LogP contribution is 2.15. The maximum atomic E-state index is 4.47. The van der Waals surface area contributed by atoms with Crippen molar-refractivity contribution < 1.29 is 0 Å². The minimum atomic E-state index is 1.01. The fourth-order valence-corrected chi connectivity index (χ4v) is 2.00. The van der Waals surface area contributed by atoms with E-state index >= 15 is 0 Å². The van der Waals surface area contributed by atoms with Gasteiger partial charge in [-0.25, -0.2) is 0 Å². The van der Waals surface area contributed by atoms with Crippen molar-refractivity contribution >= 4 is 26.8 Å². The first-order valence-electron chi connectivity index (χ1n) is 4.72. The van der Waals surface area contributed by atoms with E-state index in [-0.39, 0.29) is 0 Å². The Labute approximate surface area is 92.3 Å². The summed E-state index contributed by atoms with van der Waals surface area (Å²) in [6.07, 6.45) is 1.07. The number of aryl methyl sites for hydroxylation is 2. The lowest BCUT2D eigenvalue weighted by atomic mass is 10.1. The highest BCUT2D eigenvalue weighted by atomic mass is 79.9. The van der Waals surface area contributed by atoms with Gasteiger partial charge < -0.3 is 0 Å². The van der Waals surface area contributed by atoms with Crippen LogP contribution in [-0.2, 0) is 6.42 Å². The zero-order valence-electron chi connectivity index (χ0n) is 8.13. The first-order chi connectivity index (χ1) is 6.79. The third-order valence-electron chi connectivity index (χ3n) is 2.28. The third kappa shape index (κ3) is 1.95. The number of fused-ring (bicyclic) bond motifs is 1. The van der Waals surface area contributed by atoms with Crippen LogP contribution < -0.4 is 0 Å². The zero-order valence-corrected chi connectivity index (χ0v) is 9.71. The minimum Gasteiger partial charge on any atom is -0.253 e. The lowest BCUT2D eigenvalue weighted by Gasteiger charge is -2.02. The molecule has 0 N–H and O–H groups in total. The Balaban J connectivity index is 2.50. The lowest BCUT2D eigenvalue weighted by molar-refractivity contribution is 1.17. The molecule has 0 aliphatic carbocycles. The maximum absolute atomic E-state index is 4.47. The Morgan fingerprint density at radius 2 is 2.07 bits per heavy atom. The molecule has 2 heteroatoms. The van der Waals surface area contributed by atoms with Gasteiger partial charge in [-0.15, -0.1) is 0 Å². The predicted octanol–water partition coefficient (Wildman–Crippen LogP) is 3.48. The van der Waals surface area contributed by atoms with E-state index in [1.54, 1.807) is 0 Å². The van der Waals surface area contributed by atoms with Crippen molar-refractivity contribution in [1.82, 2.24) is 4.98 Å². The molecule has 0 aliphatic rings. The summed E-state index contributed by atoms with van der Waals surface area (Å²) in [7, 11) is 0. The second kappa shape index (κ2) is 4.09. The summed E-state index contributed by atoms with van der Waals surface area (Å²) >= 11 is 3.45. The van der Waals surface area contributed by atoms with Crippen molar-refractivity contribution in [2.24, 2.45) is 0 Å². The zero-order chi connectivity index (χ0) is 9.97. The number of halogens is 1. The van der Waals surface area contributed by atoms with Gasteiger partial charge in [0.15, 0.2) is 0 Å². The first-order valence-corrected chi connectivity index (χ1v) is 5.84. The van der Waals surface area contributed by atoms with Crippen molar-refractivity contribution in [3.63, 3.8) is 0 Å². The molecule has 2 aromatic rings. The van der Waals surface area contributed by atoms with E-state index in [2.05, 4.69) is 51.2 Å². The van der Waals surface area contributed by atoms with E-state index in [9.17, 15) is 0 Å². The van der Waals surface area contributed by atoms with Crippen LogP contribution in [0.5, 0.6) is 0 Å². The summed E-state index contributed by atoms with van der Waals surface area (Å²) < 4.78 is 0. The summed E-state index contributed by atoms with van der Waals surface area (Å²) in [4.78, 5) is 4.47. The quantitative estimate of drug-likeness (QED) is 0.743. The van der Waals surface area contributed by atoms with E-state index in [1.165, 1.54) is 10.9 Å². The highest BCUT2D eigenvalue weighted by Gasteiger charge is 1.97. The van der Waals surface area contributed by atoms with Gasteiger partial charge in [0.1, 0.15) is 0 Å². The van der Waals surface area contributed by atoms with Crippen LogP contribution in [0.3, 0.4) is 0 Å². The standard InChI is InChI=1S/C12H12BrN/c1-9-2-4-11-8-10(6-7-13)3-5-12(11)14-9/h2-5,8H,6-7H2,1H3. The van der Waals surface area contributed by atoms with Crippen LogP contribution in [0.2, 0.25) is 0 Å². The highest BCUT2D eigenvalue weighted by molar-refractivity contribution is 9.09. The van der Waals surface area contributed by atoms with Gasteiger partial charge in [0, 0.05) is 16.4 Å². The van der Waals surface area contributed by atoms with E-state index < -0.39 is 0 Å². The van der Waals surface area contributed by atoms with Crippen LogP contribution in [0, 0.1) is 6.92 Å². The van der Waals surface area contributed by atoms with Crippen LogP contribution in [-0.4, -0.2) is 10.3 Å². The molecule has 14 heavy (non-hydrogen) atoms. The lowest BCUT2D eigenvalue weighted by Crippen LogP contribution is -1.88. The van der Waals surface area contributed by atoms with Crippen molar-refractivity contribution in [1.29, 1.82) is 0 Å². The molecular formula is C12H12BrN. The van der Waals surface area contributed by atoms with E-state index in [0.29, 0.717) is 0 Å². The molecule has 0 amide bonds. The second-order valence-electron chi connectivity index (χ2n) is 3.42. The normalized spacial score (nSPS) is 10.7. The van der Waals surface area contributed by atoms with Crippen molar-refractivity contribution in [3.8, 4) is 0 Å². The number of aromatic nitrogens is 1. The fraction of sp³-hybridized carbons (Fsp3) is 0.250. The smallest absolute Gasteiger partial charge is 0.0705 e. The summed E-state index contributed by atoms with van der Waals surface area (Å²) in [5.74, 6) is 0. The van der Waals surface area contributed by atoms with Crippen LogP contribution in [0.1, 0.15) is 11.3 Å². The molecule has 1 heterocycles. The molecule has 2 rings (SSSR count). The average molecular weight is 250 g/mol. The van der Waals surface area contributed by atoms with Gasteiger partial charge >= 0.3 is 0 Å². The minimum absolute atomic E-state index is 1.01. The van der Waals surface area contributed by atoms with Crippen LogP contribution in [0.4, 0.5) is 0 Å². The van der Waals surface area contributed by atoms with Crippen molar-refractivity contribution in [2.45, 2.75) is 13.3 Å². The third-order valence-corrected chi connectivity index (χ3v) is 2.67. The Morgan fingerprint density at radius 1 is 1.21 bits per heavy atom. The number of rotatable bonds is 2. The summed E-state index contributed by atoms with van der Waals surface area (Å²) in [6, 6.07) is 10.6. The molecule has 0 fully saturated rings. The van der Waals surface area contributed by atoms with Gasteiger partial charge in [-0.2, -0.15) is 0 Å². The van der Waals surface area contributed by atoms with Crippen LogP contribution in [0.15, 0.2) is 30.3 Å². The number of nitrogens with zero attached hydrogens (tertiary/aromatic N) is 1. The second-order valence-corrected chi connectivity index (χ2v) is 4.21. The first kappa shape index (κ1) is 9.66. The van der Waals surface area contributed by atoms with E-state index in [4.69, 9.17) is 0 Å². The summed E-state index contributed by atoms with van der Waals surface area (Å²) in [5.41, 5.74) is 3.52. The molecule has 0 saturated heterocycles.